The van der Waals surface area contributed by atoms with E-state index in [1.165, 1.54) is 0 Å². The molecule has 2 bridgehead atoms. The molecule has 0 saturated carbocycles. The van der Waals surface area contributed by atoms with Gasteiger partial charge >= 0.3 is 0 Å². The van der Waals surface area contributed by atoms with Gasteiger partial charge in [-0.1, -0.05) is 57.0 Å². The van der Waals surface area contributed by atoms with Crippen LogP contribution >= 0.6 is 11.8 Å². The van der Waals surface area contributed by atoms with Crippen LogP contribution in [0.1, 0.15) is 52.4 Å². The quantitative estimate of drug-likeness (QED) is 0.249. The first-order valence-electron chi connectivity index (χ1n) is 14.8. The molecule has 1 N–H and O–H groups in total. The number of thioether (sulfide) groups is 1. The second-order valence-electron chi connectivity index (χ2n) is 11.4. The van der Waals surface area contributed by atoms with Gasteiger partial charge in [0.25, 0.3) is 0 Å². The normalized spacial score (nSPS) is 28.4. The molecule has 0 radical (unpaired) electrons. The van der Waals surface area contributed by atoms with Gasteiger partial charge in [-0.2, -0.15) is 0 Å². The van der Waals surface area contributed by atoms with E-state index in [1.54, 1.807) is 33.7 Å². The fraction of sp³-hybridized carbons (Fsp3) is 0.594. The number of fused-ring (bicyclic) bond motifs is 1. The summed E-state index contributed by atoms with van der Waals surface area (Å²) in [5, 5.41) is 9.43. The number of unbranched alkanes of at least 4 members (excludes halogenated alkanes) is 3. The monoisotopic (exact) mass is 567 g/mol. The summed E-state index contributed by atoms with van der Waals surface area (Å²) in [6.07, 6.45) is 8.43. The van der Waals surface area contributed by atoms with Gasteiger partial charge in [0, 0.05) is 43.7 Å². The summed E-state index contributed by atoms with van der Waals surface area (Å²) in [7, 11) is 0. The molecule has 3 aliphatic rings. The molecule has 3 heterocycles. The Morgan fingerprint density at radius 3 is 2.48 bits per heavy atom. The molecule has 3 saturated heterocycles. The van der Waals surface area contributed by atoms with Crippen LogP contribution in [-0.2, 0) is 14.4 Å². The minimum Gasteiger partial charge on any atom is -0.396 e. The number of nitrogens with zero attached hydrogens (tertiary/aromatic N) is 3. The molecule has 4 rings (SSSR count). The van der Waals surface area contributed by atoms with Crippen LogP contribution in [0.3, 0.4) is 0 Å². The summed E-state index contributed by atoms with van der Waals surface area (Å²) in [5.74, 6) is -1.13. The maximum absolute atomic E-state index is 14.4. The van der Waals surface area contributed by atoms with Crippen molar-refractivity contribution in [3.63, 3.8) is 0 Å². The number of rotatable bonds is 15. The van der Waals surface area contributed by atoms with Crippen molar-refractivity contribution >= 4 is 35.2 Å². The van der Waals surface area contributed by atoms with Gasteiger partial charge in [-0.15, -0.1) is 24.9 Å². The van der Waals surface area contributed by atoms with Crippen LogP contribution in [0, 0.1) is 17.8 Å². The largest absolute Gasteiger partial charge is 0.396 e. The van der Waals surface area contributed by atoms with E-state index in [0.717, 1.165) is 31.4 Å². The van der Waals surface area contributed by atoms with E-state index in [0.29, 0.717) is 39.0 Å². The molecule has 8 heteroatoms. The number of para-hydroxylation sites is 1. The van der Waals surface area contributed by atoms with E-state index in [4.69, 9.17) is 0 Å². The average Bonchev–Trinajstić information content (AvgIpc) is 3.55. The summed E-state index contributed by atoms with van der Waals surface area (Å²) in [5.41, 5.74) is 0.785. The topological polar surface area (TPSA) is 81.2 Å². The summed E-state index contributed by atoms with van der Waals surface area (Å²) in [4.78, 5) is 48.5. The van der Waals surface area contributed by atoms with Crippen molar-refractivity contribution in [2.45, 2.75) is 68.4 Å². The summed E-state index contributed by atoms with van der Waals surface area (Å²) in [6, 6.07) is 8.92. The van der Waals surface area contributed by atoms with Crippen molar-refractivity contribution in [3.8, 4) is 0 Å². The smallest absolute Gasteiger partial charge is 0.247 e. The van der Waals surface area contributed by atoms with Gasteiger partial charge in [0.2, 0.25) is 17.7 Å². The van der Waals surface area contributed by atoms with Crippen molar-refractivity contribution in [1.82, 2.24) is 9.80 Å². The highest BCUT2D eigenvalue weighted by molar-refractivity contribution is 8.02. The Kier molecular flexibility index (Phi) is 10.2. The number of amides is 3. The van der Waals surface area contributed by atoms with Gasteiger partial charge in [-0.05, 0) is 43.7 Å². The lowest BCUT2D eigenvalue weighted by molar-refractivity contribution is -0.142. The van der Waals surface area contributed by atoms with Gasteiger partial charge in [0.15, 0.2) is 0 Å². The first kappa shape index (κ1) is 30.4. The highest BCUT2D eigenvalue weighted by Crippen LogP contribution is 2.69. The summed E-state index contributed by atoms with van der Waals surface area (Å²) >= 11 is 1.71. The highest BCUT2D eigenvalue weighted by Gasteiger charge is 2.76. The molecule has 3 fully saturated rings. The first-order chi connectivity index (χ1) is 19.4. The van der Waals surface area contributed by atoms with Gasteiger partial charge in [0.1, 0.15) is 6.04 Å². The van der Waals surface area contributed by atoms with E-state index in [2.05, 4.69) is 27.0 Å². The number of carbonyl (C=O) groups is 3. The third kappa shape index (κ3) is 5.37. The number of carbonyl (C=O) groups excluding carboxylic acids is 3. The van der Waals surface area contributed by atoms with Crippen LogP contribution < -0.4 is 4.90 Å². The van der Waals surface area contributed by atoms with Crippen molar-refractivity contribution in [2.24, 2.45) is 17.8 Å². The van der Waals surface area contributed by atoms with Crippen molar-refractivity contribution in [2.75, 3.05) is 37.7 Å². The Morgan fingerprint density at radius 2 is 1.82 bits per heavy atom. The van der Waals surface area contributed by atoms with Gasteiger partial charge in [-0.25, -0.2) is 0 Å². The van der Waals surface area contributed by atoms with Crippen LogP contribution in [-0.4, -0.2) is 81.5 Å². The van der Waals surface area contributed by atoms with Gasteiger partial charge < -0.3 is 19.8 Å². The Morgan fingerprint density at radius 1 is 1.10 bits per heavy atom. The lowest BCUT2D eigenvalue weighted by Gasteiger charge is -2.41. The number of likely N-dealkylation sites (tertiary alicyclic amines) is 1. The van der Waals surface area contributed by atoms with E-state index >= 15 is 0 Å². The zero-order valence-electron chi connectivity index (χ0n) is 24.0. The number of benzene rings is 1. The molecular formula is C32H45N3O4S. The number of aliphatic hydroxyl groups is 1. The zero-order valence-corrected chi connectivity index (χ0v) is 24.9. The number of hydrogen-bond acceptors (Lipinski definition) is 5. The molecule has 3 amide bonds. The Labute approximate surface area is 243 Å². The Bertz CT molecular complexity index is 1080. The molecule has 218 valence electrons. The fourth-order valence-corrected chi connectivity index (χ4v) is 9.54. The fourth-order valence-electron chi connectivity index (χ4n) is 7.13. The van der Waals surface area contributed by atoms with Crippen molar-refractivity contribution < 1.29 is 19.5 Å². The maximum atomic E-state index is 14.4. The molecular weight excluding hydrogens is 522 g/mol. The molecule has 1 spiro atoms. The van der Waals surface area contributed by atoms with Gasteiger partial charge in [-0.3, -0.25) is 14.4 Å². The number of aliphatic hydroxyl groups excluding tert-OH is 1. The molecule has 3 unspecified atom stereocenters. The Balaban J connectivity index is 1.74. The van der Waals surface area contributed by atoms with Crippen LogP contribution in [0.25, 0.3) is 0 Å². The lowest BCUT2D eigenvalue weighted by atomic mass is 9.65. The van der Waals surface area contributed by atoms with E-state index in [-0.39, 0.29) is 35.5 Å². The molecule has 7 nitrogen and oxygen atoms in total. The third-order valence-electron chi connectivity index (χ3n) is 8.91. The average molecular weight is 568 g/mol. The molecule has 6 atom stereocenters. The second kappa shape index (κ2) is 13.4. The highest BCUT2D eigenvalue weighted by atomic mass is 32.2. The zero-order chi connectivity index (χ0) is 28.9. The predicted octanol–water partition coefficient (Wildman–Crippen LogP) is 4.52. The van der Waals surface area contributed by atoms with E-state index < -0.39 is 22.6 Å². The molecule has 0 aliphatic carbocycles. The van der Waals surface area contributed by atoms with Crippen LogP contribution in [0.5, 0.6) is 0 Å². The molecule has 3 aliphatic heterocycles. The minimum absolute atomic E-state index is 0.0182. The standard InChI is InChI=1S/C32H45N3O4S/c1-5-8-12-19-33(17-6-2)31(39)28-32-23(4)22-25(40-32)26(27(32)30(38)35(28)20-13-14-21-36)29(37)34(18-7-3)24-15-10-9-11-16-24/h6-7,9-11,15-16,23,25-28,36H,2-3,5,8,12-14,17-22H2,1,4H3/t23?,25-,26+,27+,28?,32?/m1/s1. The van der Waals surface area contributed by atoms with Crippen molar-refractivity contribution in [3.05, 3.63) is 55.6 Å². The predicted molar refractivity (Wildman–Crippen MR) is 162 cm³/mol. The SMILES string of the molecule is C=CCN(CCCCC)C(=O)C1N(CCCCO)C(=O)[C@@H]2[C@@H](C(=O)N(CC=C)c3ccccc3)[C@H]3CC(C)C12S3. The molecule has 1 aromatic carbocycles. The second-order valence-corrected chi connectivity index (χ2v) is 12.9. The molecule has 0 aromatic heterocycles. The molecule has 40 heavy (non-hydrogen) atoms. The minimum atomic E-state index is -0.654. The summed E-state index contributed by atoms with van der Waals surface area (Å²) in [6.45, 7) is 13.9. The van der Waals surface area contributed by atoms with Crippen LogP contribution in [0.4, 0.5) is 5.69 Å². The lowest BCUT2D eigenvalue weighted by Crippen LogP contribution is -2.57. The van der Waals surface area contributed by atoms with E-state index in [9.17, 15) is 19.5 Å². The van der Waals surface area contributed by atoms with Crippen LogP contribution in [0.15, 0.2) is 55.6 Å². The number of anilines is 1. The van der Waals surface area contributed by atoms with E-state index in [1.807, 2.05) is 35.2 Å². The Hall–Kier alpha value is -2.58. The first-order valence-corrected chi connectivity index (χ1v) is 15.7. The van der Waals surface area contributed by atoms with Gasteiger partial charge in [0.05, 0.1) is 16.6 Å². The number of hydrogen-bond donors (Lipinski definition) is 1. The van der Waals surface area contributed by atoms with Crippen LogP contribution in [0.2, 0.25) is 0 Å². The summed E-state index contributed by atoms with van der Waals surface area (Å²) < 4.78 is -0.654. The maximum Gasteiger partial charge on any atom is 0.247 e. The molecule has 1 aromatic rings. The van der Waals surface area contributed by atoms with Crippen molar-refractivity contribution in [1.29, 1.82) is 0 Å². The third-order valence-corrected chi connectivity index (χ3v) is 11.0.